The number of nitrogens with one attached hydrogen (secondary N) is 2. The van der Waals surface area contributed by atoms with Crippen molar-refractivity contribution in [1.82, 2.24) is 15.2 Å². The summed E-state index contributed by atoms with van der Waals surface area (Å²) in [5.41, 5.74) is 3.68. The summed E-state index contributed by atoms with van der Waals surface area (Å²) in [6.45, 7) is 0.842. The molecule has 6 heteroatoms. The van der Waals surface area contributed by atoms with Crippen LogP contribution in [0.5, 0.6) is 0 Å². The Labute approximate surface area is 149 Å². The Morgan fingerprint density at radius 2 is 1.96 bits per heavy atom. The quantitative estimate of drug-likeness (QED) is 0.744. The minimum absolute atomic E-state index is 0.561. The molecule has 1 heterocycles. The SMILES string of the molecule is CN(C)c1ccc(Nc2cnnc(NCCC3=CCCCC3)n2)cc1. The normalized spacial score (nSPS) is 13.9. The highest BCUT2D eigenvalue weighted by atomic mass is 15.3. The van der Waals surface area contributed by atoms with Crippen molar-refractivity contribution in [3.05, 3.63) is 42.1 Å². The monoisotopic (exact) mass is 338 g/mol. The molecule has 1 aliphatic carbocycles. The molecule has 0 unspecified atom stereocenters. The van der Waals surface area contributed by atoms with E-state index < -0.39 is 0 Å². The van der Waals surface area contributed by atoms with Crippen molar-refractivity contribution < 1.29 is 0 Å². The summed E-state index contributed by atoms with van der Waals surface area (Å²) in [5.74, 6) is 1.25. The number of anilines is 4. The van der Waals surface area contributed by atoms with Gasteiger partial charge in [-0.3, -0.25) is 0 Å². The predicted molar refractivity (Wildman–Crippen MR) is 104 cm³/mol. The summed E-state index contributed by atoms with van der Waals surface area (Å²) >= 11 is 0. The lowest BCUT2D eigenvalue weighted by Gasteiger charge is -2.14. The van der Waals surface area contributed by atoms with Crippen LogP contribution in [-0.2, 0) is 0 Å². The molecular weight excluding hydrogens is 312 g/mol. The summed E-state index contributed by atoms with van der Waals surface area (Å²) < 4.78 is 0. The van der Waals surface area contributed by atoms with E-state index in [9.17, 15) is 0 Å². The van der Waals surface area contributed by atoms with Gasteiger partial charge in [-0.05, 0) is 56.4 Å². The summed E-state index contributed by atoms with van der Waals surface area (Å²) in [6.07, 6.45) is 10.1. The van der Waals surface area contributed by atoms with Gasteiger partial charge in [0.25, 0.3) is 0 Å². The molecule has 2 N–H and O–H groups in total. The molecule has 2 aromatic rings. The second-order valence-electron chi connectivity index (χ2n) is 6.52. The highest BCUT2D eigenvalue weighted by Gasteiger charge is 2.05. The van der Waals surface area contributed by atoms with E-state index in [4.69, 9.17) is 0 Å². The number of rotatable bonds is 7. The first-order valence-corrected chi connectivity index (χ1v) is 8.86. The Hall–Kier alpha value is -2.63. The van der Waals surface area contributed by atoms with E-state index in [0.717, 1.165) is 24.3 Å². The molecule has 0 saturated carbocycles. The van der Waals surface area contributed by atoms with Crippen LogP contribution in [0, 0.1) is 0 Å². The van der Waals surface area contributed by atoms with Crippen LogP contribution in [-0.4, -0.2) is 35.8 Å². The van der Waals surface area contributed by atoms with Crippen LogP contribution in [0.25, 0.3) is 0 Å². The number of hydrogen-bond acceptors (Lipinski definition) is 6. The zero-order valence-electron chi connectivity index (χ0n) is 15.0. The third kappa shape index (κ3) is 5.17. The first-order valence-electron chi connectivity index (χ1n) is 8.86. The van der Waals surface area contributed by atoms with Gasteiger partial charge in [0.2, 0.25) is 5.95 Å². The molecule has 132 valence electrons. The fourth-order valence-corrected chi connectivity index (χ4v) is 2.90. The molecular formula is C19H26N6. The lowest BCUT2D eigenvalue weighted by atomic mass is 9.97. The van der Waals surface area contributed by atoms with E-state index in [1.165, 1.54) is 25.7 Å². The number of allylic oxidation sites excluding steroid dienone is 1. The van der Waals surface area contributed by atoms with Crippen LogP contribution < -0.4 is 15.5 Å². The van der Waals surface area contributed by atoms with Gasteiger partial charge in [0.1, 0.15) is 0 Å². The van der Waals surface area contributed by atoms with E-state index in [1.807, 2.05) is 26.2 Å². The number of nitrogens with zero attached hydrogens (tertiary/aromatic N) is 4. The summed E-state index contributed by atoms with van der Waals surface area (Å²) in [5, 5.41) is 14.6. The highest BCUT2D eigenvalue weighted by Crippen LogP contribution is 2.21. The van der Waals surface area contributed by atoms with Crippen molar-refractivity contribution in [3.8, 4) is 0 Å². The average Bonchev–Trinajstić information content (AvgIpc) is 2.63. The van der Waals surface area contributed by atoms with Crippen LogP contribution in [0.3, 0.4) is 0 Å². The third-order valence-electron chi connectivity index (χ3n) is 4.33. The smallest absolute Gasteiger partial charge is 0.244 e. The number of hydrogen-bond donors (Lipinski definition) is 2. The highest BCUT2D eigenvalue weighted by molar-refractivity contribution is 5.60. The Kier molecular flexibility index (Phi) is 5.82. The summed E-state index contributed by atoms with van der Waals surface area (Å²) in [7, 11) is 4.05. The largest absolute Gasteiger partial charge is 0.378 e. The van der Waals surface area contributed by atoms with Crippen molar-refractivity contribution in [2.45, 2.75) is 32.1 Å². The number of benzene rings is 1. The second kappa shape index (κ2) is 8.46. The summed E-state index contributed by atoms with van der Waals surface area (Å²) in [6, 6.07) is 8.18. The van der Waals surface area contributed by atoms with Crippen LogP contribution in [0.15, 0.2) is 42.1 Å². The minimum Gasteiger partial charge on any atom is -0.378 e. The number of aromatic nitrogens is 3. The van der Waals surface area contributed by atoms with Crippen molar-refractivity contribution >= 4 is 23.1 Å². The maximum atomic E-state index is 4.48. The summed E-state index contributed by atoms with van der Waals surface area (Å²) in [4.78, 5) is 6.55. The first kappa shape index (κ1) is 17.2. The van der Waals surface area contributed by atoms with Gasteiger partial charge in [-0.1, -0.05) is 11.6 Å². The van der Waals surface area contributed by atoms with E-state index in [-0.39, 0.29) is 0 Å². The molecule has 1 aromatic carbocycles. The van der Waals surface area contributed by atoms with Crippen LogP contribution in [0.1, 0.15) is 32.1 Å². The molecule has 0 aliphatic heterocycles. The van der Waals surface area contributed by atoms with Crippen molar-refractivity contribution in [2.24, 2.45) is 0 Å². The molecule has 0 radical (unpaired) electrons. The molecule has 1 aliphatic rings. The van der Waals surface area contributed by atoms with E-state index in [1.54, 1.807) is 11.8 Å². The van der Waals surface area contributed by atoms with Gasteiger partial charge in [-0.25, -0.2) is 0 Å². The lowest BCUT2D eigenvalue weighted by molar-refractivity contribution is 0.679. The Morgan fingerprint density at radius 3 is 2.68 bits per heavy atom. The van der Waals surface area contributed by atoms with Crippen LogP contribution >= 0.6 is 0 Å². The maximum absolute atomic E-state index is 4.48. The fourth-order valence-electron chi connectivity index (χ4n) is 2.90. The molecule has 0 saturated heterocycles. The van der Waals surface area contributed by atoms with E-state index >= 15 is 0 Å². The Morgan fingerprint density at radius 1 is 1.12 bits per heavy atom. The van der Waals surface area contributed by atoms with Gasteiger partial charge in [0.15, 0.2) is 5.82 Å². The van der Waals surface area contributed by atoms with E-state index in [0.29, 0.717) is 11.8 Å². The van der Waals surface area contributed by atoms with Gasteiger partial charge in [0, 0.05) is 32.0 Å². The minimum atomic E-state index is 0.561. The molecule has 0 amide bonds. The fraction of sp³-hybridized carbons (Fsp3) is 0.421. The zero-order chi connectivity index (χ0) is 17.5. The van der Waals surface area contributed by atoms with Crippen LogP contribution in [0.4, 0.5) is 23.1 Å². The van der Waals surface area contributed by atoms with Crippen molar-refractivity contribution in [3.63, 3.8) is 0 Å². The second-order valence-corrected chi connectivity index (χ2v) is 6.52. The molecule has 25 heavy (non-hydrogen) atoms. The molecule has 0 atom stereocenters. The third-order valence-corrected chi connectivity index (χ3v) is 4.33. The van der Waals surface area contributed by atoms with Crippen molar-refractivity contribution in [2.75, 3.05) is 36.2 Å². The standard InChI is InChI=1S/C19H26N6/c1-25(2)17-10-8-16(9-11-17)22-18-14-21-24-19(23-18)20-13-12-15-6-4-3-5-7-15/h6,8-11,14H,3-5,7,12-13H2,1-2H3,(H2,20,22,23,24). The Balaban J connectivity index is 1.54. The van der Waals surface area contributed by atoms with Gasteiger partial charge in [-0.15, -0.1) is 5.10 Å². The van der Waals surface area contributed by atoms with Gasteiger partial charge in [-0.2, -0.15) is 10.1 Å². The molecule has 3 rings (SSSR count). The molecule has 0 bridgehead atoms. The molecule has 0 spiro atoms. The average molecular weight is 338 g/mol. The lowest BCUT2D eigenvalue weighted by Crippen LogP contribution is -2.09. The molecule has 0 fully saturated rings. The topological polar surface area (TPSA) is 66.0 Å². The van der Waals surface area contributed by atoms with Gasteiger partial charge in [0.05, 0.1) is 6.20 Å². The molecule has 1 aromatic heterocycles. The van der Waals surface area contributed by atoms with Crippen LogP contribution in [0.2, 0.25) is 0 Å². The zero-order valence-corrected chi connectivity index (χ0v) is 15.0. The van der Waals surface area contributed by atoms with Gasteiger partial charge < -0.3 is 15.5 Å². The van der Waals surface area contributed by atoms with E-state index in [2.05, 4.69) is 48.9 Å². The first-order chi connectivity index (χ1) is 12.2. The molecule has 6 nitrogen and oxygen atoms in total. The Bertz CT molecular complexity index is 708. The van der Waals surface area contributed by atoms with Crippen molar-refractivity contribution in [1.29, 1.82) is 0 Å². The van der Waals surface area contributed by atoms with Gasteiger partial charge >= 0.3 is 0 Å². The predicted octanol–water partition coefficient (Wildman–Crippen LogP) is 3.98. The maximum Gasteiger partial charge on any atom is 0.244 e.